The van der Waals surface area contributed by atoms with Crippen LogP contribution in [0.3, 0.4) is 0 Å². The van der Waals surface area contributed by atoms with Crippen molar-refractivity contribution >= 4 is 45.3 Å². The molecule has 2 bridgehead atoms. The Kier molecular flexibility index (Phi) is 13.2. The summed E-state index contributed by atoms with van der Waals surface area (Å²) in [6.45, 7) is 25.2. The smallest absolute Gasteiger partial charge is 0.355 e. The highest BCUT2D eigenvalue weighted by Crippen LogP contribution is 2.38. The number of esters is 1. The first-order valence-corrected chi connectivity index (χ1v) is 23.7. The van der Waals surface area contributed by atoms with E-state index in [4.69, 9.17) is 13.6 Å². The van der Waals surface area contributed by atoms with E-state index in [0.29, 0.717) is 24.9 Å². The molecule has 10 nitrogen and oxygen atoms in total. The van der Waals surface area contributed by atoms with Gasteiger partial charge in [-0.05, 0) is 43.5 Å². The molecule has 0 fully saturated rings. The Morgan fingerprint density at radius 3 is 2.35 bits per heavy atom. The van der Waals surface area contributed by atoms with Crippen LogP contribution < -0.4 is 10.7 Å². The van der Waals surface area contributed by atoms with Gasteiger partial charge in [-0.2, -0.15) is 0 Å². The first-order chi connectivity index (χ1) is 22.6. The van der Waals surface area contributed by atoms with Gasteiger partial charge >= 0.3 is 5.97 Å². The molecule has 0 saturated carbocycles. The summed E-state index contributed by atoms with van der Waals surface area (Å²) in [4.78, 5) is 59.9. The largest absolute Gasteiger partial charge is 0.457 e. The van der Waals surface area contributed by atoms with Gasteiger partial charge in [0.25, 0.3) is 5.91 Å². The van der Waals surface area contributed by atoms with Crippen LogP contribution in [-0.2, 0) is 30.0 Å². The standard InChI is InChI=1S/C37H57N3O7Si2/c1-24(2)33-26(4)17-18-30(42)38-19-13-15-25(3)21-28(47-49(11,12)37(5,6)7)22-27(41)23-31-39-32(36(45-31)48(8,9)10)34(43)40-20-14-16-29(40)35(44)46-33/h13,15-18,21,24,26,28,33H,14,19-20,22-23H2,1-12H3,(H,38,42)/b15-13+,18-17+,25-21+/t26-,28-,33-/m1/s1. The first-order valence-electron chi connectivity index (χ1n) is 17.3. The molecule has 2 aliphatic rings. The Bertz CT molecular complexity index is 1520. The Labute approximate surface area is 294 Å². The molecular formula is C37H57N3O7Si2. The first kappa shape index (κ1) is 40.1. The molecule has 0 spiro atoms. The lowest BCUT2D eigenvalue weighted by molar-refractivity contribution is -0.149. The number of nitrogens with one attached hydrogen (secondary N) is 1. The predicted molar refractivity (Wildman–Crippen MR) is 198 cm³/mol. The van der Waals surface area contributed by atoms with Gasteiger partial charge in [-0.25, -0.2) is 9.78 Å². The van der Waals surface area contributed by atoms with Gasteiger partial charge in [-0.3, -0.25) is 14.4 Å². The van der Waals surface area contributed by atoms with Gasteiger partial charge < -0.3 is 23.8 Å². The van der Waals surface area contributed by atoms with Crippen molar-refractivity contribution in [2.45, 2.75) is 118 Å². The lowest BCUT2D eigenvalue weighted by atomic mass is 9.94. The van der Waals surface area contributed by atoms with Crippen molar-refractivity contribution < 1.29 is 32.8 Å². The fourth-order valence-electron chi connectivity index (χ4n) is 5.54. The van der Waals surface area contributed by atoms with Crippen LogP contribution in [0.25, 0.3) is 0 Å². The van der Waals surface area contributed by atoms with Crippen molar-refractivity contribution in [1.29, 1.82) is 0 Å². The second-order valence-corrected chi connectivity index (χ2v) is 25.8. The van der Waals surface area contributed by atoms with Gasteiger partial charge in [0.05, 0.1) is 12.5 Å². The quantitative estimate of drug-likeness (QED) is 0.288. The van der Waals surface area contributed by atoms with Crippen LogP contribution in [0, 0.1) is 11.8 Å². The predicted octanol–water partition coefficient (Wildman–Crippen LogP) is 6.23. The van der Waals surface area contributed by atoms with Gasteiger partial charge in [0, 0.05) is 25.4 Å². The number of fused-ring (bicyclic) bond motifs is 3. The molecule has 2 amide bonds. The number of cyclic esters (lactones) is 1. The van der Waals surface area contributed by atoms with Crippen molar-refractivity contribution in [2.75, 3.05) is 13.1 Å². The highest BCUT2D eigenvalue weighted by Gasteiger charge is 2.40. The van der Waals surface area contributed by atoms with Gasteiger partial charge in [0.1, 0.15) is 31.0 Å². The third-order valence-corrected chi connectivity index (χ3v) is 15.4. The maximum Gasteiger partial charge on any atom is 0.355 e. The monoisotopic (exact) mass is 711 g/mol. The highest BCUT2D eigenvalue weighted by atomic mass is 28.4. The van der Waals surface area contributed by atoms with Crippen LogP contribution in [0.5, 0.6) is 0 Å². The highest BCUT2D eigenvalue weighted by molar-refractivity contribution is 6.88. The molecule has 0 radical (unpaired) electrons. The number of allylic oxidation sites excluding steroid dienone is 2. The zero-order chi connectivity index (χ0) is 36.9. The Morgan fingerprint density at radius 1 is 1.06 bits per heavy atom. The molecular weight excluding hydrogens is 655 g/mol. The summed E-state index contributed by atoms with van der Waals surface area (Å²) < 4.78 is 18.9. The number of ketones is 1. The number of hydrogen-bond acceptors (Lipinski definition) is 8. The lowest BCUT2D eigenvalue weighted by Crippen LogP contribution is -2.44. The van der Waals surface area contributed by atoms with E-state index < -0.39 is 40.5 Å². The minimum absolute atomic E-state index is 0.0523. The minimum Gasteiger partial charge on any atom is -0.457 e. The van der Waals surface area contributed by atoms with Gasteiger partial charge in [0.15, 0.2) is 14.0 Å². The van der Waals surface area contributed by atoms with E-state index >= 15 is 0 Å². The molecule has 0 aliphatic carbocycles. The Morgan fingerprint density at radius 2 is 1.73 bits per heavy atom. The second kappa shape index (κ2) is 16.1. The van der Waals surface area contributed by atoms with Crippen molar-refractivity contribution in [3.63, 3.8) is 0 Å². The number of amides is 2. The molecule has 12 heteroatoms. The molecule has 2 aliphatic heterocycles. The number of rotatable bonds is 4. The zero-order valence-electron chi connectivity index (χ0n) is 31.6. The normalized spacial score (nSPS) is 25.2. The SMILES string of the molecule is CC1=C\[C@@H](O[Si](C)(C)C(C)(C)C)CC(=O)Cc2nc(c([Si](C)(C)C)o2)C(=O)N2CCC=C2C(=O)O[C@H](C(C)C)[C@H](C)/C=C/C(=O)NC\C=C\1. The number of aromatic nitrogens is 1. The summed E-state index contributed by atoms with van der Waals surface area (Å²) in [5.74, 6) is -1.60. The Hall–Kier alpha value is -3.36. The summed E-state index contributed by atoms with van der Waals surface area (Å²) in [6, 6.07) is 0. The van der Waals surface area contributed by atoms with Crippen molar-refractivity contribution in [3.05, 3.63) is 59.3 Å². The van der Waals surface area contributed by atoms with Crippen molar-refractivity contribution in [3.8, 4) is 0 Å². The van der Waals surface area contributed by atoms with Crippen LogP contribution >= 0.6 is 0 Å². The minimum atomic E-state index is -2.26. The van der Waals surface area contributed by atoms with Gasteiger partial charge in [-0.15, -0.1) is 0 Å². The topological polar surface area (TPSA) is 128 Å². The molecule has 49 heavy (non-hydrogen) atoms. The molecule has 3 heterocycles. The van der Waals surface area contributed by atoms with Crippen LogP contribution in [0.4, 0.5) is 0 Å². The van der Waals surface area contributed by atoms with E-state index in [2.05, 4.69) is 44.2 Å². The van der Waals surface area contributed by atoms with E-state index in [9.17, 15) is 19.2 Å². The number of carbonyl (C=O) groups excluding carboxylic acids is 4. The average molecular weight is 712 g/mol. The van der Waals surface area contributed by atoms with Crippen LogP contribution in [0.2, 0.25) is 37.8 Å². The van der Waals surface area contributed by atoms with Gasteiger partial charge in [-0.1, -0.05) is 97.1 Å². The fraction of sp³-hybridized carbons (Fsp3) is 0.595. The summed E-state index contributed by atoms with van der Waals surface area (Å²) in [5, 5.41) is 3.27. The van der Waals surface area contributed by atoms with E-state index in [1.807, 2.05) is 65.6 Å². The molecule has 1 N–H and O–H groups in total. The van der Waals surface area contributed by atoms with E-state index in [1.165, 1.54) is 11.0 Å². The number of Topliss-reactive ketones (excluding diaryl/α,β-unsaturated/α-hetero) is 1. The third-order valence-electron chi connectivity index (χ3n) is 9.21. The van der Waals surface area contributed by atoms with Crippen LogP contribution in [0.1, 0.15) is 77.7 Å². The summed E-state index contributed by atoms with van der Waals surface area (Å²) in [7, 11) is -4.52. The zero-order valence-corrected chi connectivity index (χ0v) is 33.6. The van der Waals surface area contributed by atoms with Crippen molar-refractivity contribution in [2.24, 2.45) is 11.8 Å². The second-order valence-electron chi connectivity index (χ2n) is 16.1. The molecule has 1 aromatic rings. The third kappa shape index (κ3) is 10.8. The number of nitrogens with zero attached hydrogens (tertiary/aromatic N) is 2. The molecule has 1 aromatic heterocycles. The average Bonchev–Trinajstić information content (AvgIpc) is 3.63. The summed E-state index contributed by atoms with van der Waals surface area (Å²) in [5.41, 5.74) is 1.19. The fourth-order valence-corrected chi connectivity index (χ4v) is 8.10. The Balaban J connectivity index is 2.06. The lowest BCUT2D eigenvalue weighted by Gasteiger charge is -2.38. The summed E-state index contributed by atoms with van der Waals surface area (Å²) in [6.07, 6.45) is 10.1. The number of carbonyl (C=O) groups is 4. The van der Waals surface area contributed by atoms with E-state index in [-0.39, 0.29) is 58.7 Å². The molecule has 270 valence electrons. The summed E-state index contributed by atoms with van der Waals surface area (Å²) >= 11 is 0. The maximum absolute atomic E-state index is 14.1. The molecule has 0 aromatic carbocycles. The van der Waals surface area contributed by atoms with Gasteiger partial charge in [0.2, 0.25) is 11.8 Å². The van der Waals surface area contributed by atoms with Crippen LogP contribution in [0.15, 0.2) is 52.1 Å². The number of oxazole rings is 1. The number of ether oxygens (including phenoxy) is 1. The molecule has 3 atom stereocenters. The molecule has 0 saturated heterocycles. The van der Waals surface area contributed by atoms with E-state index in [0.717, 1.165) is 5.57 Å². The number of hydrogen-bond donors (Lipinski definition) is 1. The molecule has 3 rings (SSSR count). The maximum atomic E-state index is 14.1. The van der Waals surface area contributed by atoms with Crippen LogP contribution in [-0.4, -0.2) is 75.1 Å². The van der Waals surface area contributed by atoms with E-state index in [1.54, 1.807) is 12.2 Å². The molecule has 0 unspecified atom stereocenters. The van der Waals surface area contributed by atoms with Crippen molar-refractivity contribution in [1.82, 2.24) is 15.2 Å².